The summed E-state index contributed by atoms with van der Waals surface area (Å²) in [4.78, 5) is 28.5. The predicted molar refractivity (Wildman–Crippen MR) is 88.5 cm³/mol. The van der Waals surface area contributed by atoms with E-state index in [0.29, 0.717) is 22.6 Å². The highest BCUT2D eigenvalue weighted by Gasteiger charge is 2.14. The van der Waals surface area contributed by atoms with Crippen molar-refractivity contribution < 1.29 is 14.0 Å². The van der Waals surface area contributed by atoms with Gasteiger partial charge in [-0.2, -0.15) is 0 Å². The van der Waals surface area contributed by atoms with Crippen molar-refractivity contribution in [1.82, 2.24) is 10.3 Å². The van der Waals surface area contributed by atoms with Crippen LogP contribution in [0.2, 0.25) is 0 Å². The molecule has 2 N–H and O–H groups in total. The molecule has 0 spiro atoms. The van der Waals surface area contributed by atoms with Crippen LogP contribution >= 0.6 is 0 Å². The summed E-state index contributed by atoms with van der Waals surface area (Å²) in [7, 11) is 0. The largest absolute Gasteiger partial charge is 0.467 e. The third-order valence-electron chi connectivity index (χ3n) is 3.37. The first kappa shape index (κ1) is 15.5. The number of aromatic nitrogens is 1. The predicted octanol–water partition coefficient (Wildman–Crippen LogP) is 2.86. The van der Waals surface area contributed by atoms with E-state index in [2.05, 4.69) is 15.6 Å². The first-order valence-corrected chi connectivity index (χ1v) is 7.35. The van der Waals surface area contributed by atoms with Crippen molar-refractivity contribution in [2.24, 2.45) is 0 Å². The van der Waals surface area contributed by atoms with Gasteiger partial charge >= 0.3 is 0 Å². The first-order chi connectivity index (χ1) is 11.7. The quantitative estimate of drug-likeness (QED) is 0.757. The Balaban J connectivity index is 1.72. The smallest absolute Gasteiger partial charge is 0.255 e. The molecule has 6 heteroatoms. The minimum Gasteiger partial charge on any atom is -0.467 e. The standard InChI is InChI=1S/C18H15N3O3/c22-17(13-7-9-19-10-8-13)21-16-6-2-1-5-15(16)18(23)20-12-14-4-3-11-24-14/h1-11H,12H2,(H,20,23)(H,21,22). The summed E-state index contributed by atoms with van der Waals surface area (Å²) < 4.78 is 5.18. The third kappa shape index (κ3) is 3.67. The Bertz CT molecular complexity index is 830. The molecule has 0 aliphatic carbocycles. The second kappa shape index (κ2) is 7.23. The van der Waals surface area contributed by atoms with Crippen LogP contribution in [0.15, 0.2) is 71.6 Å². The van der Waals surface area contributed by atoms with Crippen LogP contribution in [0.5, 0.6) is 0 Å². The molecular weight excluding hydrogens is 306 g/mol. The number of carbonyl (C=O) groups is 2. The van der Waals surface area contributed by atoms with Gasteiger partial charge in [-0.15, -0.1) is 0 Å². The molecule has 0 atom stereocenters. The molecule has 120 valence electrons. The molecule has 2 aromatic heterocycles. The maximum absolute atomic E-state index is 12.4. The highest BCUT2D eigenvalue weighted by molar-refractivity contribution is 6.08. The summed E-state index contributed by atoms with van der Waals surface area (Å²) in [6.07, 6.45) is 4.62. The van der Waals surface area contributed by atoms with Gasteiger partial charge in [-0.3, -0.25) is 14.6 Å². The Morgan fingerprint density at radius 2 is 1.75 bits per heavy atom. The molecule has 0 saturated heterocycles. The number of furan rings is 1. The molecule has 0 fully saturated rings. The number of hydrogen-bond acceptors (Lipinski definition) is 4. The molecule has 6 nitrogen and oxygen atoms in total. The SMILES string of the molecule is O=C(Nc1ccccc1C(=O)NCc1ccco1)c1ccncc1. The maximum atomic E-state index is 12.4. The Kier molecular flexibility index (Phi) is 4.67. The monoisotopic (exact) mass is 321 g/mol. The van der Waals surface area contributed by atoms with Crippen molar-refractivity contribution in [1.29, 1.82) is 0 Å². The molecular formula is C18H15N3O3. The van der Waals surface area contributed by atoms with Crippen LogP contribution in [0, 0.1) is 0 Å². The van der Waals surface area contributed by atoms with Crippen LogP contribution in [-0.4, -0.2) is 16.8 Å². The van der Waals surface area contributed by atoms with Gasteiger partial charge in [0.25, 0.3) is 11.8 Å². The average Bonchev–Trinajstić information content (AvgIpc) is 3.14. The van der Waals surface area contributed by atoms with E-state index in [0.717, 1.165) is 0 Å². The number of carbonyl (C=O) groups excluding carboxylic acids is 2. The van der Waals surface area contributed by atoms with Crippen molar-refractivity contribution in [3.8, 4) is 0 Å². The highest BCUT2D eigenvalue weighted by Crippen LogP contribution is 2.16. The van der Waals surface area contributed by atoms with Crippen LogP contribution in [0.1, 0.15) is 26.5 Å². The molecule has 0 aliphatic heterocycles. The van der Waals surface area contributed by atoms with E-state index in [1.54, 1.807) is 54.8 Å². The molecule has 3 aromatic rings. The summed E-state index contributed by atoms with van der Waals surface area (Å²) in [5.41, 5.74) is 1.29. The fourth-order valence-corrected chi connectivity index (χ4v) is 2.16. The van der Waals surface area contributed by atoms with Gasteiger partial charge in [0.1, 0.15) is 5.76 Å². The van der Waals surface area contributed by atoms with Crippen LogP contribution in [0.4, 0.5) is 5.69 Å². The van der Waals surface area contributed by atoms with Crippen molar-refractivity contribution in [3.05, 3.63) is 84.1 Å². The van der Waals surface area contributed by atoms with Gasteiger partial charge in [0.15, 0.2) is 0 Å². The molecule has 0 unspecified atom stereocenters. The molecule has 0 saturated carbocycles. The summed E-state index contributed by atoms with van der Waals surface area (Å²) in [5, 5.41) is 5.51. The summed E-state index contributed by atoms with van der Waals surface area (Å²) >= 11 is 0. The fraction of sp³-hybridized carbons (Fsp3) is 0.0556. The molecule has 2 amide bonds. The van der Waals surface area contributed by atoms with E-state index in [4.69, 9.17) is 4.42 Å². The molecule has 0 radical (unpaired) electrons. The number of benzene rings is 1. The number of nitrogens with one attached hydrogen (secondary N) is 2. The van der Waals surface area contributed by atoms with Crippen LogP contribution in [-0.2, 0) is 6.54 Å². The Labute approximate surface area is 138 Å². The summed E-state index contributed by atoms with van der Waals surface area (Å²) in [5.74, 6) is 0.0577. The van der Waals surface area contributed by atoms with Gasteiger partial charge in [0, 0.05) is 18.0 Å². The van der Waals surface area contributed by atoms with Gasteiger partial charge < -0.3 is 15.1 Å². The number of hydrogen-bond donors (Lipinski definition) is 2. The number of nitrogens with zero attached hydrogens (tertiary/aromatic N) is 1. The molecule has 24 heavy (non-hydrogen) atoms. The number of pyridine rings is 1. The highest BCUT2D eigenvalue weighted by atomic mass is 16.3. The minimum atomic E-state index is -0.302. The summed E-state index contributed by atoms with van der Waals surface area (Å²) in [6.45, 7) is 0.276. The normalized spacial score (nSPS) is 10.2. The topological polar surface area (TPSA) is 84.2 Å². The van der Waals surface area contributed by atoms with Gasteiger partial charge in [0.2, 0.25) is 0 Å². The van der Waals surface area contributed by atoms with Gasteiger partial charge in [-0.25, -0.2) is 0 Å². The fourth-order valence-electron chi connectivity index (χ4n) is 2.16. The number of para-hydroxylation sites is 1. The van der Waals surface area contributed by atoms with E-state index >= 15 is 0 Å². The lowest BCUT2D eigenvalue weighted by atomic mass is 10.1. The van der Waals surface area contributed by atoms with E-state index in [1.807, 2.05) is 0 Å². The first-order valence-electron chi connectivity index (χ1n) is 7.35. The molecule has 3 rings (SSSR count). The van der Waals surface area contributed by atoms with Crippen molar-refractivity contribution in [2.75, 3.05) is 5.32 Å². The van der Waals surface area contributed by atoms with Crippen LogP contribution in [0.25, 0.3) is 0 Å². The number of amides is 2. The van der Waals surface area contributed by atoms with Crippen molar-refractivity contribution >= 4 is 17.5 Å². The average molecular weight is 321 g/mol. The minimum absolute atomic E-state index is 0.276. The zero-order valence-electron chi connectivity index (χ0n) is 12.7. The van der Waals surface area contributed by atoms with Crippen LogP contribution < -0.4 is 10.6 Å². The zero-order chi connectivity index (χ0) is 16.8. The van der Waals surface area contributed by atoms with E-state index in [1.165, 1.54) is 12.4 Å². The van der Waals surface area contributed by atoms with Crippen LogP contribution in [0.3, 0.4) is 0 Å². The van der Waals surface area contributed by atoms with Gasteiger partial charge in [-0.05, 0) is 36.4 Å². The van der Waals surface area contributed by atoms with Gasteiger partial charge in [0.05, 0.1) is 24.1 Å². The molecule has 1 aromatic carbocycles. The third-order valence-corrected chi connectivity index (χ3v) is 3.37. The van der Waals surface area contributed by atoms with E-state index in [9.17, 15) is 9.59 Å². The number of rotatable bonds is 5. The van der Waals surface area contributed by atoms with E-state index < -0.39 is 0 Å². The lowest BCUT2D eigenvalue weighted by Gasteiger charge is -2.11. The maximum Gasteiger partial charge on any atom is 0.255 e. The zero-order valence-corrected chi connectivity index (χ0v) is 12.7. The molecule has 0 aliphatic rings. The Morgan fingerprint density at radius 1 is 0.958 bits per heavy atom. The molecule has 0 bridgehead atoms. The Morgan fingerprint density at radius 3 is 2.50 bits per heavy atom. The molecule has 2 heterocycles. The lowest BCUT2D eigenvalue weighted by Crippen LogP contribution is -2.24. The van der Waals surface area contributed by atoms with Crippen molar-refractivity contribution in [2.45, 2.75) is 6.54 Å². The second-order valence-electron chi connectivity index (χ2n) is 5.00. The van der Waals surface area contributed by atoms with E-state index in [-0.39, 0.29) is 18.4 Å². The van der Waals surface area contributed by atoms with Gasteiger partial charge in [-0.1, -0.05) is 12.1 Å². The summed E-state index contributed by atoms with van der Waals surface area (Å²) in [6, 6.07) is 13.6. The number of anilines is 1. The second-order valence-corrected chi connectivity index (χ2v) is 5.00. The Hall–Kier alpha value is -3.41. The van der Waals surface area contributed by atoms with Crippen molar-refractivity contribution in [3.63, 3.8) is 0 Å². The lowest BCUT2D eigenvalue weighted by molar-refractivity contribution is 0.0949.